The standard InChI is InChI=1S/C27H23NO5S/c1-18-6-10-21(11-7-18)26(30)33-22-12-8-20(9-13-22)17-24-25(29)28(27(31)34-24)14-15-32-23-5-3-4-19(2)16-23/h3-13,16-17H,14-15H2,1-2H3/b24-17-. The number of esters is 1. The van der Waals surface area contributed by atoms with Gasteiger partial charge < -0.3 is 9.47 Å². The Morgan fingerprint density at radius 3 is 2.35 bits per heavy atom. The highest BCUT2D eigenvalue weighted by molar-refractivity contribution is 8.18. The van der Waals surface area contributed by atoms with Gasteiger partial charge in [-0.1, -0.05) is 42.0 Å². The zero-order valence-electron chi connectivity index (χ0n) is 18.8. The average Bonchev–Trinajstić information content (AvgIpc) is 3.08. The van der Waals surface area contributed by atoms with E-state index in [1.54, 1.807) is 42.5 Å². The third kappa shape index (κ3) is 5.74. The van der Waals surface area contributed by atoms with Gasteiger partial charge in [0, 0.05) is 0 Å². The molecule has 0 unspecified atom stereocenters. The first-order chi connectivity index (χ1) is 16.4. The van der Waals surface area contributed by atoms with Crippen LogP contribution in [0.1, 0.15) is 27.0 Å². The summed E-state index contributed by atoms with van der Waals surface area (Å²) in [7, 11) is 0. The molecular weight excluding hydrogens is 450 g/mol. The summed E-state index contributed by atoms with van der Waals surface area (Å²) in [4.78, 5) is 38.8. The lowest BCUT2D eigenvalue weighted by Crippen LogP contribution is -2.32. The largest absolute Gasteiger partial charge is 0.492 e. The number of carbonyl (C=O) groups is 3. The summed E-state index contributed by atoms with van der Waals surface area (Å²) >= 11 is 0.896. The Labute approximate surface area is 202 Å². The van der Waals surface area contributed by atoms with Gasteiger partial charge in [-0.15, -0.1) is 0 Å². The molecule has 0 aromatic heterocycles. The van der Waals surface area contributed by atoms with Crippen LogP contribution >= 0.6 is 11.8 Å². The molecule has 2 amide bonds. The van der Waals surface area contributed by atoms with E-state index in [-0.39, 0.29) is 24.3 Å². The summed E-state index contributed by atoms with van der Waals surface area (Å²) in [6, 6.07) is 21.5. The van der Waals surface area contributed by atoms with Crippen molar-refractivity contribution in [3.63, 3.8) is 0 Å². The van der Waals surface area contributed by atoms with Gasteiger partial charge in [0.1, 0.15) is 18.1 Å². The van der Waals surface area contributed by atoms with Gasteiger partial charge in [0.2, 0.25) is 0 Å². The summed E-state index contributed by atoms with van der Waals surface area (Å²) in [5.74, 6) is 0.300. The Hall–Kier alpha value is -3.84. The molecular formula is C27H23NO5S. The number of amides is 2. The van der Waals surface area contributed by atoms with Crippen LogP contribution < -0.4 is 9.47 Å². The predicted octanol–water partition coefficient (Wildman–Crippen LogP) is 5.64. The van der Waals surface area contributed by atoms with E-state index >= 15 is 0 Å². The van der Waals surface area contributed by atoms with Crippen molar-refractivity contribution in [2.45, 2.75) is 13.8 Å². The van der Waals surface area contributed by atoms with Crippen LogP contribution in [0.25, 0.3) is 6.08 Å². The van der Waals surface area contributed by atoms with Crippen molar-refractivity contribution in [2.24, 2.45) is 0 Å². The fraction of sp³-hybridized carbons (Fsp3) is 0.148. The Balaban J connectivity index is 1.35. The van der Waals surface area contributed by atoms with E-state index in [0.717, 1.165) is 28.5 Å². The Morgan fingerprint density at radius 2 is 1.65 bits per heavy atom. The van der Waals surface area contributed by atoms with Crippen LogP contribution in [0.3, 0.4) is 0 Å². The van der Waals surface area contributed by atoms with Crippen LogP contribution in [-0.2, 0) is 4.79 Å². The van der Waals surface area contributed by atoms with E-state index in [1.165, 1.54) is 4.90 Å². The molecule has 1 saturated heterocycles. The van der Waals surface area contributed by atoms with Gasteiger partial charge in [-0.25, -0.2) is 4.79 Å². The van der Waals surface area contributed by atoms with E-state index in [2.05, 4.69) is 0 Å². The van der Waals surface area contributed by atoms with Gasteiger partial charge in [0.05, 0.1) is 17.0 Å². The van der Waals surface area contributed by atoms with Crippen LogP contribution in [0.5, 0.6) is 11.5 Å². The second-order valence-electron chi connectivity index (χ2n) is 7.82. The maximum atomic E-state index is 12.7. The van der Waals surface area contributed by atoms with Gasteiger partial charge in [-0.05, 0) is 79.2 Å². The van der Waals surface area contributed by atoms with E-state index in [1.807, 2.05) is 50.2 Å². The molecule has 6 nitrogen and oxygen atoms in total. The summed E-state index contributed by atoms with van der Waals surface area (Å²) in [6.07, 6.45) is 1.65. The number of carbonyl (C=O) groups excluding carboxylic acids is 3. The third-order valence-corrected chi connectivity index (χ3v) is 6.03. The molecule has 0 saturated carbocycles. The minimum absolute atomic E-state index is 0.170. The molecule has 1 fully saturated rings. The van der Waals surface area contributed by atoms with Crippen LogP contribution in [0.4, 0.5) is 4.79 Å². The van der Waals surface area contributed by atoms with Crippen molar-refractivity contribution in [1.82, 2.24) is 4.90 Å². The topological polar surface area (TPSA) is 72.9 Å². The average molecular weight is 474 g/mol. The first-order valence-electron chi connectivity index (χ1n) is 10.7. The number of rotatable bonds is 7. The third-order valence-electron chi connectivity index (χ3n) is 5.12. The van der Waals surface area contributed by atoms with Crippen molar-refractivity contribution in [3.8, 4) is 11.5 Å². The Bertz CT molecular complexity index is 1250. The normalized spacial score (nSPS) is 14.5. The van der Waals surface area contributed by atoms with Gasteiger partial charge in [0.25, 0.3) is 11.1 Å². The predicted molar refractivity (Wildman–Crippen MR) is 132 cm³/mol. The highest BCUT2D eigenvalue weighted by Gasteiger charge is 2.34. The molecule has 4 rings (SSSR count). The summed E-state index contributed by atoms with van der Waals surface area (Å²) in [5, 5.41) is -0.326. The van der Waals surface area contributed by atoms with Crippen LogP contribution in [-0.4, -0.2) is 35.2 Å². The molecule has 0 spiro atoms. The number of aryl methyl sites for hydroxylation is 2. The molecule has 0 atom stereocenters. The van der Waals surface area contributed by atoms with Crippen molar-refractivity contribution in [3.05, 3.63) is 100.0 Å². The Morgan fingerprint density at radius 1 is 0.912 bits per heavy atom. The lowest BCUT2D eigenvalue weighted by Gasteiger charge is -2.13. The maximum Gasteiger partial charge on any atom is 0.343 e. The highest BCUT2D eigenvalue weighted by atomic mass is 32.2. The van der Waals surface area contributed by atoms with E-state index < -0.39 is 5.97 Å². The Kier molecular flexibility index (Phi) is 7.13. The molecule has 0 bridgehead atoms. The van der Waals surface area contributed by atoms with Crippen molar-refractivity contribution < 1.29 is 23.9 Å². The summed E-state index contributed by atoms with van der Waals surface area (Å²) in [6.45, 7) is 4.30. The molecule has 7 heteroatoms. The minimum atomic E-state index is -0.443. The number of nitrogens with zero attached hydrogens (tertiary/aromatic N) is 1. The van der Waals surface area contributed by atoms with Crippen molar-refractivity contribution in [1.29, 1.82) is 0 Å². The van der Waals surface area contributed by atoms with Crippen LogP contribution in [0, 0.1) is 13.8 Å². The molecule has 1 heterocycles. The van der Waals surface area contributed by atoms with E-state index in [9.17, 15) is 14.4 Å². The number of ether oxygens (including phenoxy) is 2. The van der Waals surface area contributed by atoms with Gasteiger partial charge in [-0.3, -0.25) is 14.5 Å². The lowest BCUT2D eigenvalue weighted by molar-refractivity contribution is -0.123. The first-order valence-corrected chi connectivity index (χ1v) is 11.5. The van der Waals surface area contributed by atoms with Crippen molar-refractivity contribution >= 4 is 35.0 Å². The molecule has 0 radical (unpaired) electrons. The monoisotopic (exact) mass is 473 g/mol. The molecule has 1 aliphatic heterocycles. The SMILES string of the molecule is Cc1ccc(C(=O)Oc2ccc(/C=C3\SC(=O)N(CCOc4cccc(C)c4)C3=O)cc2)cc1. The second kappa shape index (κ2) is 10.4. The molecule has 172 valence electrons. The highest BCUT2D eigenvalue weighted by Crippen LogP contribution is 2.32. The number of thioether (sulfide) groups is 1. The van der Waals surface area contributed by atoms with E-state index in [4.69, 9.17) is 9.47 Å². The van der Waals surface area contributed by atoms with Gasteiger partial charge in [-0.2, -0.15) is 0 Å². The molecule has 0 aliphatic carbocycles. The fourth-order valence-electron chi connectivity index (χ4n) is 3.29. The zero-order valence-corrected chi connectivity index (χ0v) is 19.6. The lowest BCUT2D eigenvalue weighted by atomic mass is 10.1. The van der Waals surface area contributed by atoms with Gasteiger partial charge >= 0.3 is 5.97 Å². The molecule has 3 aromatic carbocycles. The minimum Gasteiger partial charge on any atom is -0.492 e. The number of hydrogen-bond acceptors (Lipinski definition) is 6. The fourth-order valence-corrected chi connectivity index (χ4v) is 4.16. The quantitative estimate of drug-likeness (QED) is 0.251. The van der Waals surface area contributed by atoms with E-state index in [0.29, 0.717) is 22.0 Å². The van der Waals surface area contributed by atoms with Crippen molar-refractivity contribution in [2.75, 3.05) is 13.2 Å². The number of imide groups is 1. The molecule has 34 heavy (non-hydrogen) atoms. The molecule has 1 aliphatic rings. The van der Waals surface area contributed by atoms with Gasteiger partial charge in [0.15, 0.2) is 0 Å². The smallest absolute Gasteiger partial charge is 0.343 e. The van der Waals surface area contributed by atoms with Crippen LogP contribution in [0.2, 0.25) is 0 Å². The first kappa shape index (κ1) is 23.3. The second-order valence-corrected chi connectivity index (χ2v) is 8.82. The van der Waals surface area contributed by atoms with Crippen LogP contribution in [0.15, 0.2) is 77.7 Å². The zero-order chi connectivity index (χ0) is 24.1. The maximum absolute atomic E-state index is 12.7. The molecule has 0 N–H and O–H groups in total. The molecule has 3 aromatic rings. The number of benzene rings is 3. The summed E-state index contributed by atoms with van der Waals surface area (Å²) in [5.41, 5.74) is 3.32. The number of hydrogen-bond donors (Lipinski definition) is 0. The summed E-state index contributed by atoms with van der Waals surface area (Å²) < 4.78 is 11.1.